The molecule has 1 aromatic rings. The van der Waals surface area contributed by atoms with Gasteiger partial charge in [-0.25, -0.2) is 0 Å². The van der Waals surface area contributed by atoms with E-state index in [9.17, 15) is 4.79 Å². The van der Waals surface area contributed by atoms with Crippen LogP contribution >= 0.6 is 35.6 Å². The van der Waals surface area contributed by atoms with Gasteiger partial charge < -0.3 is 15.1 Å². The molecule has 26 heavy (non-hydrogen) atoms. The highest BCUT2D eigenvalue weighted by Gasteiger charge is 2.44. The lowest BCUT2D eigenvalue weighted by Gasteiger charge is -2.36. The quantitative estimate of drug-likeness (QED) is 0.401. The minimum absolute atomic E-state index is 0. The van der Waals surface area contributed by atoms with Gasteiger partial charge in [0.2, 0.25) is 5.91 Å². The van der Waals surface area contributed by atoms with Gasteiger partial charge in [0.25, 0.3) is 0 Å². The van der Waals surface area contributed by atoms with E-state index in [1.54, 1.807) is 6.92 Å². The molecule has 0 radical (unpaired) electrons. The summed E-state index contributed by atoms with van der Waals surface area (Å²) in [7, 11) is 0. The van der Waals surface area contributed by atoms with Crippen molar-refractivity contribution in [1.82, 2.24) is 15.1 Å². The highest BCUT2D eigenvalue weighted by Crippen LogP contribution is 2.48. The monoisotopic (exact) mass is 490 g/mol. The van der Waals surface area contributed by atoms with Crippen LogP contribution in [0.2, 0.25) is 5.02 Å². The predicted molar refractivity (Wildman–Crippen MR) is 118 cm³/mol. The molecule has 1 saturated heterocycles. The molecule has 0 spiro atoms. The summed E-state index contributed by atoms with van der Waals surface area (Å²) in [5.41, 5.74) is 1.44. The topological polar surface area (TPSA) is 47.9 Å². The Balaban J connectivity index is 0.00000243. The van der Waals surface area contributed by atoms with E-state index in [0.29, 0.717) is 0 Å². The van der Waals surface area contributed by atoms with Crippen LogP contribution in [0.3, 0.4) is 0 Å². The first kappa shape index (κ1) is 21.3. The van der Waals surface area contributed by atoms with Crippen molar-refractivity contribution in [2.45, 2.75) is 32.1 Å². The standard InChI is InChI=1S/C19H27ClN4O.HI/c1-3-21-18(24-11-9-23(10-12-24)15(2)25)22-14-19(7-8-19)16-5-4-6-17(20)13-16;/h4-6,13H,3,7-12,14H2,1-2H3,(H,21,22);1H. The van der Waals surface area contributed by atoms with Crippen molar-refractivity contribution >= 4 is 47.4 Å². The third kappa shape index (κ3) is 5.03. The van der Waals surface area contributed by atoms with E-state index in [4.69, 9.17) is 16.6 Å². The van der Waals surface area contributed by atoms with E-state index in [2.05, 4.69) is 29.3 Å². The fraction of sp³-hybridized carbons (Fsp3) is 0.579. The Labute approximate surface area is 178 Å². The number of hydrogen-bond acceptors (Lipinski definition) is 2. The molecule has 5 nitrogen and oxygen atoms in total. The molecule has 3 rings (SSSR count). The summed E-state index contributed by atoms with van der Waals surface area (Å²) in [6.45, 7) is 8.53. The van der Waals surface area contributed by atoms with Crippen LogP contribution in [0.1, 0.15) is 32.3 Å². The average molecular weight is 491 g/mol. The molecule has 2 aliphatic rings. The maximum atomic E-state index is 11.5. The molecule has 0 bridgehead atoms. The second kappa shape index (κ2) is 9.26. The number of hydrogen-bond donors (Lipinski definition) is 1. The SMILES string of the molecule is CCNC(=NCC1(c2cccc(Cl)c2)CC1)N1CCN(C(C)=O)CC1.I. The zero-order chi connectivity index (χ0) is 17.9. The molecule has 1 saturated carbocycles. The van der Waals surface area contributed by atoms with E-state index < -0.39 is 0 Å². The van der Waals surface area contributed by atoms with Gasteiger partial charge in [0, 0.05) is 50.1 Å². The van der Waals surface area contributed by atoms with Gasteiger partial charge in [0.1, 0.15) is 0 Å². The lowest BCUT2D eigenvalue weighted by molar-refractivity contribution is -0.130. The highest BCUT2D eigenvalue weighted by molar-refractivity contribution is 14.0. The summed E-state index contributed by atoms with van der Waals surface area (Å²) < 4.78 is 0. The summed E-state index contributed by atoms with van der Waals surface area (Å²) in [5, 5.41) is 4.20. The molecule has 0 aromatic heterocycles. The molecule has 0 atom stereocenters. The summed E-state index contributed by atoms with van der Waals surface area (Å²) in [5.74, 6) is 1.11. The number of piperazine rings is 1. The first-order chi connectivity index (χ1) is 12.0. The van der Waals surface area contributed by atoms with Gasteiger partial charge in [0.15, 0.2) is 5.96 Å². The molecule has 1 aliphatic heterocycles. The number of rotatable bonds is 4. The zero-order valence-corrected chi connectivity index (χ0v) is 18.6. The van der Waals surface area contributed by atoms with Crippen molar-refractivity contribution in [2.75, 3.05) is 39.3 Å². The van der Waals surface area contributed by atoms with Gasteiger partial charge in [0.05, 0.1) is 6.54 Å². The lowest BCUT2D eigenvalue weighted by Crippen LogP contribution is -2.53. The highest BCUT2D eigenvalue weighted by atomic mass is 127. The van der Waals surface area contributed by atoms with Crippen molar-refractivity contribution in [3.63, 3.8) is 0 Å². The number of guanidine groups is 1. The van der Waals surface area contributed by atoms with Crippen LogP contribution in [-0.4, -0.2) is 60.9 Å². The van der Waals surface area contributed by atoms with Gasteiger partial charge in [-0.2, -0.15) is 0 Å². The number of amides is 1. The summed E-state index contributed by atoms with van der Waals surface area (Å²) in [4.78, 5) is 20.6. The Hall–Kier alpha value is -1.02. The lowest BCUT2D eigenvalue weighted by atomic mass is 9.96. The van der Waals surface area contributed by atoms with Gasteiger partial charge in [-0.3, -0.25) is 9.79 Å². The Kier molecular flexibility index (Phi) is 7.58. The Morgan fingerprint density at radius 1 is 1.23 bits per heavy atom. The Morgan fingerprint density at radius 2 is 1.88 bits per heavy atom. The van der Waals surface area contributed by atoms with Crippen LogP contribution in [0.5, 0.6) is 0 Å². The van der Waals surface area contributed by atoms with Gasteiger partial charge in [-0.1, -0.05) is 23.7 Å². The minimum Gasteiger partial charge on any atom is -0.357 e. The Morgan fingerprint density at radius 3 is 2.42 bits per heavy atom. The first-order valence-electron chi connectivity index (χ1n) is 9.09. The molecule has 1 N–H and O–H groups in total. The second-order valence-corrected chi connectivity index (χ2v) is 7.39. The van der Waals surface area contributed by atoms with Crippen molar-refractivity contribution < 1.29 is 4.79 Å². The van der Waals surface area contributed by atoms with Crippen LogP contribution in [0.25, 0.3) is 0 Å². The van der Waals surface area contributed by atoms with Crippen LogP contribution in [0.15, 0.2) is 29.3 Å². The number of benzene rings is 1. The van der Waals surface area contributed by atoms with Crippen LogP contribution < -0.4 is 5.32 Å². The van der Waals surface area contributed by atoms with Crippen molar-refractivity contribution in [1.29, 1.82) is 0 Å². The van der Waals surface area contributed by atoms with Crippen LogP contribution in [0, 0.1) is 0 Å². The number of aliphatic imine (C=N–C) groups is 1. The van der Waals surface area contributed by atoms with Crippen LogP contribution in [-0.2, 0) is 10.2 Å². The minimum atomic E-state index is 0. The number of carbonyl (C=O) groups is 1. The molecule has 144 valence electrons. The zero-order valence-electron chi connectivity index (χ0n) is 15.5. The smallest absolute Gasteiger partial charge is 0.219 e. The van der Waals surface area contributed by atoms with Crippen LogP contribution in [0.4, 0.5) is 0 Å². The van der Waals surface area contributed by atoms with E-state index in [-0.39, 0.29) is 35.3 Å². The molecular formula is C19H28ClIN4O. The summed E-state index contributed by atoms with van der Waals surface area (Å²) in [6.07, 6.45) is 2.32. The van der Waals surface area contributed by atoms with Crippen molar-refractivity contribution in [3.8, 4) is 0 Å². The predicted octanol–water partition coefficient (Wildman–Crippen LogP) is 3.12. The van der Waals surface area contributed by atoms with E-state index >= 15 is 0 Å². The number of nitrogens with one attached hydrogen (secondary N) is 1. The third-order valence-electron chi connectivity index (χ3n) is 5.18. The Bertz CT molecular complexity index is 655. The number of carbonyl (C=O) groups excluding carboxylic acids is 1. The molecular weight excluding hydrogens is 463 g/mol. The molecule has 2 fully saturated rings. The van der Waals surface area contributed by atoms with Gasteiger partial charge >= 0.3 is 0 Å². The largest absolute Gasteiger partial charge is 0.357 e. The van der Waals surface area contributed by atoms with Crippen molar-refractivity contribution in [2.24, 2.45) is 4.99 Å². The third-order valence-corrected chi connectivity index (χ3v) is 5.42. The molecule has 1 aromatic carbocycles. The van der Waals surface area contributed by atoms with Gasteiger partial charge in [-0.05, 0) is 37.5 Å². The first-order valence-corrected chi connectivity index (χ1v) is 9.47. The molecule has 7 heteroatoms. The molecule has 1 amide bonds. The molecule has 1 aliphatic carbocycles. The van der Waals surface area contributed by atoms with Gasteiger partial charge in [-0.15, -0.1) is 24.0 Å². The molecule has 0 unspecified atom stereocenters. The summed E-state index contributed by atoms with van der Waals surface area (Å²) in [6, 6.07) is 8.17. The number of nitrogens with zero attached hydrogens (tertiary/aromatic N) is 3. The van der Waals surface area contributed by atoms with E-state index in [1.807, 2.05) is 17.0 Å². The normalized spacial score (nSPS) is 19.0. The molecule has 1 heterocycles. The maximum absolute atomic E-state index is 11.5. The number of halogens is 2. The van der Waals surface area contributed by atoms with Crippen molar-refractivity contribution in [3.05, 3.63) is 34.9 Å². The maximum Gasteiger partial charge on any atom is 0.219 e. The summed E-state index contributed by atoms with van der Waals surface area (Å²) >= 11 is 6.16. The van der Waals surface area contributed by atoms with E-state index in [1.165, 1.54) is 5.56 Å². The van der Waals surface area contributed by atoms with E-state index in [0.717, 1.165) is 63.1 Å². The fourth-order valence-electron chi connectivity index (χ4n) is 3.39. The fourth-order valence-corrected chi connectivity index (χ4v) is 3.58. The second-order valence-electron chi connectivity index (χ2n) is 6.95. The average Bonchev–Trinajstić information content (AvgIpc) is 3.40.